The van der Waals surface area contributed by atoms with Gasteiger partial charge in [-0.1, -0.05) is 53.6 Å². The molecule has 0 aliphatic carbocycles. The molecule has 4 heteroatoms. The van der Waals surface area contributed by atoms with Crippen molar-refractivity contribution >= 4 is 31.8 Å². The summed E-state index contributed by atoms with van der Waals surface area (Å²) in [6.45, 7) is 22.1. The second-order valence-electron chi connectivity index (χ2n) is 10.1. The molecular formula is C29H39N3Si. The molecule has 0 radical (unpaired) electrons. The van der Waals surface area contributed by atoms with Crippen LogP contribution in [0.3, 0.4) is 0 Å². The lowest BCUT2D eigenvalue weighted by molar-refractivity contribution is 1.24. The van der Waals surface area contributed by atoms with E-state index >= 15 is 0 Å². The summed E-state index contributed by atoms with van der Waals surface area (Å²) in [5.41, 5.74) is 13.7. The van der Waals surface area contributed by atoms with Gasteiger partial charge in [0.25, 0.3) is 8.40 Å². The van der Waals surface area contributed by atoms with E-state index in [9.17, 15) is 0 Å². The maximum absolute atomic E-state index is 5.05. The van der Waals surface area contributed by atoms with Gasteiger partial charge in [0.15, 0.2) is 0 Å². The summed E-state index contributed by atoms with van der Waals surface area (Å²) in [5, 5.41) is 0. The van der Waals surface area contributed by atoms with E-state index in [4.69, 9.17) is 4.99 Å². The molecule has 0 atom stereocenters. The van der Waals surface area contributed by atoms with Crippen LogP contribution >= 0.6 is 0 Å². The number of nitrogens with zero attached hydrogens (tertiary/aromatic N) is 2. The smallest absolute Gasteiger partial charge is 0.260 e. The Morgan fingerprint density at radius 1 is 0.697 bits per heavy atom. The van der Waals surface area contributed by atoms with Crippen molar-refractivity contribution in [2.75, 3.05) is 9.55 Å². The molecule has 3 nitrogen and oxygen atoms in total. The largest absolute Gasteiger partial charge is 0.394 e. The minimum absolute atomic E-state index is 1.05. The first-order chi connectivity index (χ1) is 15.4. The zero-order valence-corrected chi connectivity index (χ0v) is 23.0. The van der Waals surface area contributed by atoms with E-state index < -0.39 is 8.40 Å². The molecule has 0 saturated heterocycles. The summed E-state index contributed by atoms with van der Waals surface area (Å²) in [5.74, 6) is 0. The van der Waals surface area contributed by atoms with Crippen molar-refractivity contribution in [2.24, 2.45) is 4.99 Å². The number of benzene rings is 3. The maximum Gasteiger partial charge on any atom is 0.260 e. The summed E-state index contributed by atoms with van der Waals surface area (Å²) in [7, 11) is -2.23. The topological polar surface area (TPSA) is 27.6 Å². The molecule has 0 aliphatic rings. The van der Waals surface area contributed by atoms with Crippen LogP contribution < -0.4 is 9.55 Å². The van der Waals surface area contributed by atoms with E-state index in [0.29, 0.717) is 0 Å². The Morgan fingerprint density at radius 2 is 1.15 bits per heavy atom. The lowest BCUT2D eigenvalue weighted by atomic mass is 10.1. The SMILES string of the molecule is Cc1cc(C)c(N[Si](C)(C)N(C=Nc2c(C)cccc2C)c2c(C)cc(C)cc2C)c(C)c1. The van der Waals surface area contributed by atoms with Crippen LogP contribution in [0.2, 0.25) is 13.1 Å². The molecule has 0 saturated carbocycles. The highest BCUT2D eigenvalue weighted by Crippen LogP contribution is 2.33. The molecule has 0 fully saturated rings. The van der Waals surface area contributed by atoms with Crippen LogP contribution in [0.1, 0.15) is 44.5 Å². The van der Waals surface area contributed by atoms with Gasteiger partial charge >= 0.3 is 0 Å². The molecule has 0 unspecified atom stereocenters. The molecule has 0 heterocycles. The fourth-order valence-electron chi connectivity index (χ4n) is 4.90. The summed E-state index contributed by atoms with van der Waals surface area (Å²) in [4.78, 5) is 9.04. The van der Waals surface area contributed by atoms with Gasteiger partial charge in [0, 0.05) is 11.4 Å². The summed E-state index contributed by atoms with van der Waals surface area (Å²) >= 11 is 0. The summed E-state index contributed by atoms with van der Waals surface area (Å²) in [6.07, 6.45) is 2.07. The van der Waals surface area contributed by atoms with Crippen molar-refractivity contribution in [3.8, 4) is 0 Å². The van der Waals surface area contributed by atoms with Gasteiger partial charge < -0.3 is 9.55 Å². The van der Waals surface area contributed by atoms with Gasteiger partial charge in [-0.3, -0.25) is 0 Å². The normalized spacial score (nSPS) is 11.8. The van der Waals surface area contributed by atoms with Gasteiger partial charge in [-0.15, -0.1) is 0 Å². The predicted molar refractivity (Wildman–Crippen MR) is 149 cm³/mol. The van der Waals surface area contributed by atoms with Crippen molar-refractivity contribution in [3.63, 3.8) is 0 Å². The maximum atomic E-state index is 5.05. The Labute approximate surface area is 201 Å². The minimum Gasteiger partial charge on any atom is -0.394 e. The second-order valence-corrected chi connectivity index (χ2v) is 13.9. The van der Waals surface area contributed by atoms with E-state index in [0.717, 1.165) is 5.69 Å². The average Bonchev–Trinajstić information content (AvgIpc) is 2.68. The Morgan fingerprint density at radius 3 is 1.64 bits per heavy atom. The Kier molecular flexibility index (Phi) is 7.18. The Balaban J connectivity index is 2.15. The van der Waals surface area contributed by atoms with E-state index in [1.807, 2.05) is 0 Å². The number of para-hydroxylation sites is 1. The van der Waals surface area contributed by atoms with Gasteiger partial charge in [0.2, 0.25) is 0 Å². The fraction of sp³-hybridized carbons (Fsp3) is 0.345. The van der Waals surface area contributed by atoms with Gasteiger partial charge in [0.05, 0.1) is 12.0 Å². The molecule has 0 amide bonds. The number of rotatable bonds is 6. The Hall–Kier alpha value is -2.85. The van der Waals surface area contributed by atoms with Crippen LogP contribution in [0, 0.1) is 55.4 Å². The standard InChI is InChI=1S/C29H39N3Si/c1-19-14-23(5)28(24(6)15-19)31-33(9,10)32(29-25(7)16-20(2)17-26(29)8)18-30-27-21(3)12-11-13-22(27)4/h11-18,31H,1-10H3. The van der Waals surface area contributed by atoms with Gasteiger partial charge in [0.1, 0.15) is 0 Å². The molecule has 174 valence electrons. The van der Waals surface area contributed by atoms with Crippen molar-refractivity contribution < 1.29 is 0 Å². The molecule has 0 aromatic heterocycles. The quantitative estimate of drug-likeness (QED) is 0.230. The lowest BCUT2D eigenvalue weighted by Crippen LogP contribution is -2.55. The van der Waals surface area contributed by atoms with Crippen LogP contribution in [0.15, 0.2) is 47.5 Å². The van der Waals surface area contributed by atoms with Crippen molar-refractivity contribution in [1.82, 2.24) is 0 Å². The first-order valence-electron chi connectivity index (χ1n) is 11.7. The van der Waals surface area contributed by atoms with Crippen LogP contribution in [0.4, 0.5) is 17.1 Å². The number of anilines is 2. The highest BCUT2D eigenvalue weighted by Gasteiger charge is 2.33. The third-order valence-corrected chi connectivity index (χ3v) is 8.73. The molecule has 0 bridgehead atoms. The molecule has 0 aliphatic heterocycles. The minimum atomic E-state index is -2.23. The lowest BCUT2D eigenvalue weighted by Gasteiger charge is -2.39. The second kappa shape index (κ2) is 9.56. The average molecular weight is 458 g/mol. The molecule has 3 aromatic carbocycles. The van der Waals surface area contributed by atoms with Gasteiger partial charge in [-0.2, -0.15) is 0 Å². The molecule has 33 heavy (non-hydrogen) atoms. The molecule has 1 N–H and O–H groups in total. The van der Waals surface area contributed by atoms with Gasteiger partial charge in [-0.25, -0.2) is 4.99 Å². The number of hydrogen-bond donors (Lipinski definition) is 1. The van der Waals surface area contributed by atoms with E-state index in [2.05, 4.69) is 127 Å². The van der Waals surface area contributed by atoms with Crippen LogP contribution in [0.5, 0.6) is 0 Å². The summed E-state index contributed by atoms with van der Waals surface area (Å²) in [6, 6.07) is 15.4. The van der Waals surface area contributed by atoms with Crippen molar-refractivity contribution in [3.05, 3.63) is 87.0 Å². The molecule has 3 rings (SSSR count). The molecule has 3 aromatic rings. The number of aliphatic imine (C=N–C) groups is 1. The third kappa shape index (κ3) is 5.39. The van der Waals surface area contributed by atoms with E-state index in [-0.39, 0.29) is 0 Å². The van der Waals surface area contributed by atoms with E-state index in [1.54, 1.807) is 0 Å². The highest BCUT2D eigenvalue weighted by atomic mass is 28.3. The third-order valence-electron chi connectivity index (χ3n) is 6.33. The zero-order chi connectivity index (χ0) is 24.5. The fourth-order valence-corrected chi connectivity index (χ4v) is 7.29. The van der Waals surface area contributed by atoms with Gasteiger partial charge in [-0.05, 0) is 102 Å². The first-order valence-corrected chi connectivity index (χ1v) is 14.7. The number of hydrogen-bond acceptors (Lipinski definition) is 2. The first kappa shape index (κ1) is 24.8. The Bertz CT molecular complexity index is 1140. The van der Waals surface area contributed by atoms with E-state index in [1.165, 1.54) is 55.9 Å². The van der Waals surface area contributed by atoms with Crippen LogP contribution in [0.25, 0.3) is 0 Å². The van der Waals surface area contributed by atoms with Crippen LogP contribution in [-0.2, 0) is 0 Å². The van der Waals surface area contributed by atoms with Crippen LogP contribution in [-0.4, -0.2) is 14.7 Å². The predicted octanol–water partition coefficient (Wildman–Crippen LogP) is 8.13. The number of nitrogens with one attached hydrogen (secondary N) is 1. The van der Waals surface area contributed by atoms with Crippen molar-refractivity contribution in [2.45, 2.75) is 68.5 Å². The highest BCUT2D eigenvalue weighted by molar-refractivity contribution is 6.86. The summed E-state index contributed by atoms with van der Waals surface area (Å²) < 4.78 is 2.43. The monoisotopic (exact) mass is 457 g/mol. The molecule has 0 spiro atoms. The molecular weight excluding hydrogens is 418 g/mol. The number of aryl methyl sites for hydroxylation is 8. The zero-order valence-electron chi connectivity index (χ0n) is 22.0. The van der Waals surface area contributed by atoms with Crippen molar-refractivity contribution in [1.29, 1.82) is 0 Å².